The van der Waals surface area contributed by atoms with Crippen LogP contribution < -0.4 is 5.32 Å². The highest BCUT2D eigenvalue weighted by atomic mass is 16.5. The molecule has 1 unspecified atom stereocenters. The molecule has 0 radical (unpaired) electrons. The van der Waals surface area contributed by atoms with E-state index < -0.39 is 5.97 Å². The quantitative estimate of drug-likeness (QED) is 0.820. The number of aryl methyl sites for hydroxylation is 1. The van der Waals surface area contributed by atoms with Crippen molar-refractivity contribution in [3.8, 4) is 0 Å². The molecule has 5 nitrogen and oxygen atoms in total. The molecule has 1 N–H and O–H groups in total. The first-order valence-corrected chi connectivity index (χ1v) is 6.72. The smallest absolute Gasteiger partial charge is 0.374 e. The summed E-state index contributed by atoms with van der Waals surface area (Å²) in [5, 5.41) is 3.22. The molecule has 1 aliphatic heterocycles. The van der Waals surface area contributed by atoms with E-state index in [2.05, 4.69) is 10.2 Å². The third-order valence-electron chi connectivity index (χ3n) is 3.64. The van der Waals surface area contributed by atoms with Crippen molar-refractivity contribution in [2.75, 3.05) is 27.2 Å². The molecular formula is C14H22N2O3. The standard InChI is InChI=1S/C14H22N2O3/c1-10-7-12(19-13(10)14(17)18-3)9-16-6-4-5-11(16)8-15-2/h7,11,15H,4-6,8-9H2,1-3H3. The summed E-state index contributed by atoms with van der Waals surface area (Å²) < 4.78 is 10.3. The normalized spacial score (nSPS) is 19.8. The third-order valence-corrected chi connectivity index (χ3v) is 3.64. The highest BCUT2D eigenvalue weighted by Crippen LogP contribution is 2.22. The van der Waals surface area contributed by atoms with Gasteiger partial charge in [0.2, 0.25) is 5.76 Å². The molecule has 1 aromatic rings. The molecule has 0 spiro atoms. The molecule has 5 heteroatoms. The first-order valence-electron chi connectivity index (χ1n) is 6.72. The number of esters is 1. The van der Waals surface area contributed by atoms with Crippen LogP contribution in [0.25, 0.3) is 0 Å². The van der Waals surface area contributed by atoms with Gasteiger partial charge < -0.3 is 14.5 Å². The monoisotopic (exact) mass is 266 g/mol. The molecule has 0 amide bonds. The minimum atomic E-state index is -0.406. The van der Waals surface area contributed by atoms with Crippen molar-refractivity contribution in [2.45, 2.75) is 32.4 Å². The van der Waals surface area contributed by atoms with Gasteiger partial charge in [-0.3, -0.25) is 4.90 Å². The minimum Gasteiger partial charge on any atom is -0.463 e. The Labute approximate surface area is 113 Å². The summed E-state index contributed by atoms with van der Waals surface area (Å²) in [6.07, 6.45) is 2.43. The maximum atomic E-state index is 11.5. The molecule has 1 aromatic heterocycles. The summed E-state index contributed by atoms with van der Waals surface area (Å²) in [5.74, 6) is 0.750. The maximum Gasteiger partial charge on any atom is 0.374 e. The molecule has 1 atom stereocenters. The number of methoxy groups -OCH3 is 1. The zero-order chi connectivity index (χ0) is 13.8. The van der Waals surface area contributed by atoms with Crippen LogP contribution in [0.3, 0.4) is 0 Å². The number of nitrogens with zero attached hydrogens (tertiary/aromatic N) is 1. The van der Waals surface area contributed by atoms with Gasteiger partial charge in [0.1, 0.15) is 5.76 Å². The molecule has 106 valence electrons. The van der Waals surface area contributed by atoms with Crippen molar-refractivity contribution in [3.63, 3.8) is 0 Å². The lowest BCUT2D eigenvalue weighted by Crippen LogP contribution is -2.36. The van der Waals surface area contributed by atoms with E-state index in [9.17, 15) is 4.79 Å². The third kappa shape index (κ3) is 3.16. The number of carbonyl (C=O) groups is 1. The number of hydrogen-bond donors (Lipinski definition) is 1. The van der Waals surface area contributed by atoms with Gasteiger partial charge in [0.25, 0.3) is 0 Å². The van der Waals surface area contributed by atoms with E-state index in [1.54, 1.807) is 0 Å². The zero-order valence-electron chi connectivity index (χ0n) is 11.9. The van der Waals surface area contributed by atoms with Crippen LogP contribution in [0.1, 0.15) is 34.7 Å². The summed E-state index contributed by atoms with van der Waals surface area (Å²) in [6.45, 7) is 4.70. The topological polar surface area (TPSA) is 54.7 Å². The Morgan fingerprint density at radius 3 is 3.11 bits per heavy atom. The van der Waals surface area contributed by atoms with Crippen molar-refractivity contribution in [3.05, 3.63) is 23.2 Å². The van der Waals surface area contributed by atoms with Crippen LogP contribution in [0.5, 0.6) is 0 Å². The van der Waals surface area contributed by atoms with Crippen LogP contribution in [0.4, 0.5) is 0 Å². The molecule has 1 aliphatic rings. The largest absolute Gasteiger partial charge is 0.463 e. The number of nitrogens with one attached hydrogen (secondary N) is 1. The fourth-order valence-electron chi connectivity index (χ4n) is 2.69. The van der Waals surface area contributed by atoms with E-state index in [0.29, 0.717) is 11.8 Å². The summed E-state index contributed by atoms with van der Waals surface area (Å²) in [6, 6.07) is 2.48. The number of hydrogen-bond acceptors (Lipinski definition) is 5. The highest BCUT2D eigenvalue weighted by molar-refractivity contribution is 5.87. The zero-order valence-corrected chi connectivity index (χ0v) is 11.9. The summed E-state index contributed by atoms with van der Waals surface area (Å²) in [4.78, 5) is 13.9. The number of likely N-dealkylation sites (N-methyl/N-ethyl adjacent to an activating group) is 1. The van der Waals surface area contributed by atoms with Gasteiger partial charge in [-0.2, -0.15) is 0 Å². The molecule has 2 heterocycles. The number of furan rings is 1. The number of carbonyl (C=O) groups excluding carboxylic acids is 1. The van der Waals surface area contributed by atoms with Crippen LogP contribution in [-0.2, 0) is 11.3 Å². The van der Waals surface area contributed by atoms with Gasteiger partial charge in [-0.05, 0) is 39.4 Å². The van der Waals surface area contributed by atoms with E-state index in [0.717, 1.165) is 31.0 Å². The van der Waals surface area contributed by atoms with Crippen molar-refractivity contribution in [2.24, 2.45) is 0 Å². The van der Waals surface area contributed by atoms with E-state index >= 15 is 0 Å². The van der Waals surface area contributed by atoms with Crippen molar-refractivity contribution in [1.82, 2.24) is 10.2 Å². The summed E-state index contributed by atoms with van der Waals surface area (Å²) >= 11 is 0. The van der Waals surface area contributed by atoms with Crippen molar-refractivity contribution in [1.29, 1.82) is 0 Å². The van der Waals surface area contributed by atoms with Gasteiger partial charge in [-0.15, -0.1) is 0 Å². The molecule has 19 heavy (non-hydrogen) atoms. The molecule has 1 saturated heterocycles. The van der Waals surface area contributed by atoms with Crippen LogP contribution in [0.15, 0.2) is 10.5 Å². The first-order chi connectivity index (χ1) is 9.15. The second-order valence-corrected chi connectivity index (χ2v) is 5.04. The molecule has 0 aromatic carbocycles. The van der Waals surface area contributed by atoms with E-state index in [1.165, 1.54) is 20.0 Å². The Kier molecular flexibility index (Phi) is 4.61. The lowest BCUT2D eigenvalue weighted by atomic mass is 10.2. The van der Waals surface area contributed by atoms with Crippen LogP contribution in [0.2, 0.25) is 0 Å². The Morgan fingerprint density at radius 2 is 2.42 bits per heavy atom. The van der Waals surface area contributed by atoms with E-state index in [1.807, 2.05) is 20.0 Å². The Morgan fingerprint density at radius 1 is 1.63 bits per heavy atom. The number of ether oxygens (including phenoxy) is 1. The predicted octanol–water partition coefficient (Wildman–Crippen LogP) is 1.56. The lowest BCUT2D eigenvalue weighted by Gasteiger charge is -2.22. The van der Waals surface area contributed by atoms with Crippen molar-refractivity contribution >= 4 is 5.97 Å². The Balaban J connectivity index is 2.05. The van der Waals surface area contributed by atoms with Gasteiger partial charge in [0.05, 0.1) is 13.7 Å². The fourth-order valence-corrected chi connectivity index (χ4v) is 2.69. The molecule has 0 saturated carbocycles. The van der Waals surface area contributed by atoms with Gasteiger partial charge in [0, 0.05) is 18.2 Å². The molecule has 0 bridgehead atoms. The van der Waals surface area contributed by atoms with Gasteiger partial charge >= 0.3 is 5.97 Å². The molecule has 2 rings (SSSR count). The van der Waals surface area contributed by atoms with E-state index in [4.69, 9.17) is 9.15 Å². The highest BCUT2D eigenvalue weighted by Gasteiger charge is 2.25. The predicted molar refractivity (Wildman–Crippen MR) is 72.1 cm³/mol. The Hall–Kier alpha value is -1.33. The minimum absolute atomic E-state index is 0.321. The SMILES string of the molecule is CNCC1CCCN1Cc1cc(C)c(C(=O)OC)o1. The molecule has 0 aliphatic carbocycles. The molecular weight excluding hydrogens is 244 g/mol. The average molecular weight is 266 g/mol. The first kappa shape index (κ1) is 14.1. The summed E-state index contributed by atoms with van der Waals surface area (Å²) in [7, 11) is 3.34. The van der Waals surface area contributed by atoms with Crippen molar-refractivity contribution < 1.29 is 13.9 Å². The van der Waals surface area contributed by atoms with E-state index in [-0.39, 0.29) is 0 Å². The second kappa shape index (κ2) is 6.21. The summed E-state index contributed by atoms with van der Waals surface area (Å²) in [5.41, 5.74) is 0.839. The lowest BCUT2D eigenvalue weighted by molar-refractivity contribution is 0.0559. The average Bonchev–Trinajstić information content (AvgIpc) is 2.97. The fraction of sp³-hybridized carbons (Fsp3) is 0.643. The van der Waals surface area contributed by atoms with Gasteiger partial charge in [0.15, 0.2) is 0 Å². The Bertz CT molecular complexity index is 442. The maximum absolute atomic E-state index is 11.5. The number of rotatable bonds is 5. The van der Waals surface area contributed by atoms with Gasteiger partial charge in [-0.1, -0.05) is 0 Å². The van der Waals surface area contributed by atoms with Crippen LogP contribution in [-0.4, -0.2) is 44.2 Å². The van der Waals surface area contributed by atoms with Gasteiger partial charge in [-0.25, -0.2) is 4.79 Å². The number of likely N-dealkylation sites (tertiary alicyclic amines) is 1. The second-order valence-electron chi connectivity index (χ2n) is 5.04. The van der Waals surface area contributed by atoms with Crippen LogP contribution in [0, 0.1) is 6.92 Å². The van der Waals surface area contributed by atoms with Crippen LogP contribution >= 0.6 is 0 Å². The molecule has 1 fully saturated rings.